The van der Waals surface area contributed by atoms with E-state index in [2.05, 4.69) is 5.32 Å². The van der Waals surface area contributed by atoms with Crippen LogP contribution in [0, 0.1) is 12.8 Å². The standard InChI is InChI=1S/C14H22N2O6S/c1-8(2)6-11(14(18)19)15-13(17)10-7-12(22-9(10)3)23(20,21)16(4)5/h7-8,11H,6H2,1-5H3,(H,15,17)(H,18,19). The fraction of sp³-hybridized carbons (Fsp3) is 0.571. The van der Waals surface area contributed by atoms with Gasteiger partial charge in [0.15, 0.2) is 0 Å². The summed E-state index contributed by atoms with van der Waals surface area (Å²) in [5.74, 6) is -1.64. The van der Waals surface area contributed by atoms with Crippen LogP contribution in [0.4, 0.5) is 0 Å². The SMILES string of the molecule is Cc1oc(S(=O)(=O)N(C)C)cc1C(=O)NC(CC(C)C)C(=O)O. The third-order valence-electron chi connectivity index (χ3n) is 3.19. The first kappa shape index (κ1) is 19.2. The van der Waals surface area contributed by atoms with Crippen molar-refractivity contribution in [3.05, 3.63) is 17.4 Å². The van der Waals surface area contributed by atoms with Gasteiger partial charge in [-0.05, 0) is 19.3 Å². The van der Waals surface area contributed by atoms with Crippen molar-refractivity contribution in [3.63, 3.8) is 0 Å². The molecule has 0 radical (unpaired) electrons. The first-order valence-electron chi connectivity index (χ1n) is 7.03. The van der Waals surface area contributed by atoms with Gasteiger partial charge in [0.05, 0.1) is 5.56 Å². The lowest BCUT2D eigenvalue weighted by molar-refractivity contribution is -0.139. The van der Waals surface area contributed by atoms with Crippen molar-refractivity contribution >= 4 is 21.9 Å². The number of aliphatic carboxylic acids is 1. The molecule has 1 aromatic rings. The maximum atomic E-state index is 12.2. The molecule has 0 saturated heterocycles. The van der Waals surface area contributed by atoms with E-state index in [0.717, 1.165) is 10.4 Å². The minimum Gasteiger partial charge on any atom is -0.480 e. The summed E-state index contributed by atoms with van der Waals surface area (Å²) in [7, 11) is -1.12. The number of aryl methyl sites for hydroxylation is 1. The molecule has 0 bridgehead atoms. The zero-order valence-corrected chi connectivity index (χ0v) is 14.6. The average Bonchev–Trinajstić information content (AvgIpc) is 2.79. The number of rotatable bonds is 7. The monoisotopic (exact) mass is 346 g/mol. The molecule has 0 spiro atoms. The molecule has 0 aromatic carbocycles. The molecule has 2 N–H and O–H groups in total. The van der Waals surface area contributed by atoms with E-state index >= 15 is 0 Å². The van der Waals surface area contributed by atoms with Crippen LogP contribution >= 0.6 is 0 Å². The van der Waals surface area contributed by atoms with Crippen molar-refractivity contribution in [3.8, 4) is 0 Å². The van der Waals surface area contributed by atoms with Crippen LogP contribution in [0.15, 0.2) is 15.6 Å². The summed E-state index contributed by atoms with van der Waals surface area (Å²) in [5.41, 5.74) is 0.000399. The second-order valence-corrected chi connectivity index (χ2v) is 7.90. The van der Waals surface area contributed by atoms with Crippen LogP contribution in [0.25, 0.3) is 0 Å². The Bertz CT molecular complexity index is 690. The topological polar surface area (TPSA) is 117 Å². The largest absolute Gasteiger partial charge is 0.480 e. The van der Waals surface area contributed by atoms with Crippen molar-refractivity contribution in [1.29, 1.82) is 0 Å². The molecule has 8 nitrogen and oxygen atoms in total. The van der Waals surface area contributed by atoms with Crippen molar-refractivity contribution in [1.82, 2.24) is 9.62 Å². The first-order valence-corrected chi connectivity index (χ1v) is 8.47. The van der Waals surface area contributed by atoms with Crippen LogP contribution in [0.5, 0.6) is 0 Å². The van der Waals surface area contributed by atoms with E-state index in [1.54, 1.807) is 0 Å². The molecule has 9 heteroatoms. The van der Waals surface area contributed by atoms with E-state index in [-0.39, 0.29) is 28.8 Å². The summed E-state index contributed by atoms with van der Waals surface area (Å²) in [5, 5.41) is 11.2. The fourth-order valence-electron chi connectivity index (χ4n) is 1.92. The van der Waals surface area contributed by atoms with Crippen LogP contribution in [0.3, 0.4) is 0 Å². The maximum absolute atomic E-state index is 12.2. The van der Waals surface area contributed by atoms with Crippen molar-refractivity contribution < 1.29 is 27.5 Å². The van der Waals surface area contributed by atoms with Crippen LogP contribution in [0.1, 0.15) is 36.4 Å². The predicted octanol–water partition coefficient (Wildman–Crippen LogP) is 1.07. The van der Waals surface area contributed by atoms with Gasteiger partial charge in [-0.1, -0.05) is 13.8 Å². The van der Waals surface area contributed by atoms with Gasteiger partial charge in [-0.2, -0.15) is 0 Å². The van der Waals surface area contributed by atoms with Crippen molar-refractivity contribution in [2.75, 3.05) is 14.1 Å². The molecule has 0 aliphatic carbocycles. The first-order chi connectivity index (χ1) is 10.5. The van der Waals surface area contributed by atoms with E-state index in [1.165, 1.54) is 21.0 Å². The van der Waals surface area contributed by atoms with E-state index in [9.17, 15) is 18.0 Å². The molecule has 130 valence electrons. The maximum Gasteiger partial charge on any atom is 0.326 e. The number of carboxylic acid groups (broad SMARTS) is 1. The van der Waals surface area contributed by atoms with E-state index in [1.807, 2.05) is 13.8 Å². The molecule has 0 aliphatic heterocycles. The van der Waals surface area contributed by atoms with Gasteiger partial charge in [0.1, 0.15) is 11.8 Å². The van der Waals surface area contributed by atoms with E-state index < -0.39 is 27.9 Å². The lowest BCUT2D eigenvalue weighted by atomic mass is 10.0. The molecule has 1 atom stereocenters. The zero-order valence-electron chi connectivity index (χ0n) is 13.8. The van der Waals surface area contributed by atoms with Gasteiger partial charge in [-0.25, -0.2) is 17.5 Å². The molecule has 1 aromatic heterocycles. The van der Waals surface area contributed by atoms with Crippen LogP contribution in [-0.4, -0.2) is 49.8 Å². The highest BCUT2D eigenvalue weighted by Gasteiger charge is 2.28. The third-order valence-corrected chi connectivity index (χ3v) is 4.86. The van der Waals surface area contributed by atoms with Gasteiger partial charge < -0.3 is 14.8 Å². The number of carbonyl (C=O) groups excluding carboxylic acids is 1. The summed E-state index contributed by atoms with van der Waals surface area (Å²) >= 11 is 0. The Morgan fingerprint density at radius 2 is 1.91 bits per heavy atom. The Balaban J connectivity index is 3.06. The number of nitrogens with one attached hydrogen (secondary N) is 1. The van der Waals surface area contributed by atoms with Crippen LogP contribution in [0.2, 0.25) is 0 Å². The summed E-state index contributed by atoms with van der Waals surface area (Å²) < 4.78 is 30.1. The average molecular weight is 346 g/mol. The molecule has 0 aliphatic rings. The zero-order chi connectivity index (χ0) is 17.9. The number of nitrogens with zero attached hydrogens (tertiary/aromatic N) is 1. The number of furan rings is 1. The highest BCUT2D eigenvalue weighted by molar-refractivity contribution is 7.88. The Labute approximate surface area is 135 Å². The third kappa shape index (κ3) is 4.55. The number of hydrogen-bond acceptors (Lipinski definition) is 5. The molecule has 0 saturated carbocycles. The van der Waals surface area contributed by atoms with Gasteiger partial charge in [0.25, 0.3) is 15.9 Å². The summed E-state index contributed by atoms with van der Waals surface area (Å²) in [6.07, 6.45) is 0.265. The molecule has 1 amide bonds. The molecule has 0 fully saturated rings. The minimum absolute atomic E-state index is 0.000399. The smallest absolute Gasteiger partial charge is 0.326 e. The van der Waals surface area contributed by atoms with Gasteiger partial charge in [-0.3, -0.25) is 4.79 Å². The Kier molecular flexibility index (Phi) is 5.95. The summed E-state index contributed by atoms with van der Waals surface area (Å²) in [6, 6.07) is 0.0552. The quantitative estimate of drug-likeness (QED) is 0.762. The number of carbonyl (C=O) groups is 2. The lowest BCUT2D eigenvalue weighted by Gasteiger charge is -2.16. The van der Waals surface area contributed by atoms with Crippen LogP contribution in [-0.2, 0) is 14.8 Å². The highest BCUT2D eigenvalue weighted by atomic mass is 32.2. The molecule has 23 heavy (non-hydrogen) atoms. The second kappa shape index (κ2) is 7.14. The fourth-order valence-corrected chi connectivity index (χ4v) is 2.77. The van der Waals surface area contributed by atoms with Crippen molar-refractivity contribution in [2.45, 2.75) is 38.3 Å². The van der Waals surface area contributed by atoms with E-state index in [4.69, 9.17) is 9.52 Å². The van der Waals surface area contributed by atoms with Gasteiger partial charge in [0.2, 0.25) is 5.09 Å². The normalized spacial score (nSPS) is 13.3. The number of hydrogen-bond donors (Lipinski definition) is 2. The Morgan fingerprint density at radius 3 is 2.35 bits per heavy atom. The summed E-state index contributed by atoms with van der Waals surface area (Å²) in [6.45, 7) is 5.13. The minimum atomic E-state index is -3.81. The van der Waals surface area contributed by atoms with Crippen LogP contribution < -0.4 is 5.32 Å². The lowest BCUT2D eigenvalue weighted by Crippen LogP contribution is -2.41. The number of amides is 1. The molecular weight excluding hydrogens is 324 g/mol. The van der Waals surface area contributed by atoms with Gasteiger partial charge >= 0.3 is 5.97 Å². The highest BCUT2D eigenvalue weighted by Crippen LogP contribution is 2.21. The van der Waals surface area contributed by atoms with E-state index in [0.29, 0.717) is 0 Å². The second-order valence-electron chi connectivity index (χ2n) is 5.82. The number of sulfonamides is 1. The molecule has 1 heterocycles. The number of carboxylic acids is 1. The van der Waals surface area contributed by atoms with Gasteiger partial charge in [-0.15, -0.1) is 0 Å². The molecule has 1 rings (SSSR count). The Hall–Kier alpha value is -1.87. The Morgan fingerprint density at radius 1 is 1.35 bits per heavy atom. The predicted molar refractivity (Wildman–Crippen MR) is 82.7 cm³/mol. The molecule has 1 unspecified atom stereocenters. The molecular formula is C14H22N2O6S. The van der Waals surface area contributed by atoms with Crippen molar-refractivity contribution in [2.24, 2.45) is 5.92 Å². The van der Waals surface area contributed by atoms with Gasteiger partial charge in [0, 0.05) is 20.2 Å². The summed E-state index contributed by atoms with van der Waals surface area (Å²) in [4.78, 5) is 23.4.